The molecule has 0 aliphatic rings. The topological polar surface area (TPSA) is 59.3 Å². The fraction of sp³-hybridized carbons (Fsp3) is 0.143. The lowest BCUT2D eigenvalue weighted by Crippen LogP contribution is -2.25. The van der Waals surface area contributed by atoms with Crippen molar-refractivity contribution in [2.45, 2.75) is 20.4 Å². The number of hydrogen-bond acceptors (Lipinski definition) is 2. The Morgan fingerprint density at radius 2 is 1.79 bits per heavy atom. The van der Waals surface area contributed by atoms with E-state index in [0.717, 1.165) is 0 Å². The van der Waals surface area contributed by atoms with Crippen LogP contribution in [0, 0.1) is 12.7 Å². The largest absolute Gasteiger partial charge is 0.477 e. The van der Waals surface area contributed by atoms with Gasteiger partial charge in [0, 0.05) is 23.4 Å². The van der Waals surface area contributed by atoms with Crippen LogP contribution in [-0.2, 0) is 6.54 Å². The molecular formula is C21H15Cl3FNO3. The molecule has 3 rings (SSSR count). The number of rotatable bonds is 4. The van der Waals surface area contributed by atoms with Gasteiger partial charge >= 0.3 is 5.97 Å². The van der Waals surface area contributed by atoms with Crippen molar-refractivity contribution in [2.75, 3.05) is 0 Å². The summed E-state index contributed by atoms with van der Waals surface area (Å²) in [5, 5.41) is 10.2. The normalized spacial score (nSPS) is 11.0. The lowest BCUT2D eigenvalue weighted by atomic mass is 9.96. The second-order valence-electron chi connectivity index (χ2n) is 6.29. The van der Waals surface area contributed by atoms with E-state index >= 15 is 0 Å². The van der Waals surface area contributed by atoms with Gasteiger partial charge in [-0.15, -0.1) is 0 Å². The summed E-state index contributed by atoms with van der Waals surface area (Å²) < 4.78 is 16.3. The molecule has 0 fully saturated rings. The first-order valence-corrected chi connectivity index (χ1v) is 9.72. The maximum absolute atomic E-state index is 14.7. The minimum Gasteiger partial charge on any atom is -0.477 e. The minimum absolute atomic E-state index is 0.0481. The van der Waals surface area contributed by atoms with Crippen LogP contribution in [0.4, 0.5) is 4.39 Å². The molecule has 0 radical (unpaired) electrons. The molecule has 0 saturated heterocycles. The van der Waals surface area contributed by atoms with Crippen LogP contribution in [-0.4, -0.2) is 15.6 Å². The van der Waals surface area contributed by atoms with Gasteiger partial charge in [-0.05, 0) is 32.0 Å². The molecule has 8 heteroatoms. The molecule has 0 unspecified atom stereocenters. The first-order valence-electron chi connectivity index (χ1n) is 8.59. The zero-order valence-corrected chi connectivity index (χ0v) is 17.7. The molecule has 1 heterocycles. The van der Waals surface area contributed by atoms with Crippen LogP contribution in [0.1, 0.15) is 23.0 Å². The fourth-order valence-corrected chi connectivity index (χ4v) is 3.86. The Morgan fingerprint density at radius 3 is 2.38 bits per heavy atom. The molecule has 3 aromatic rings. The van der Waals surface area contributed by atoms with Crippen LogP contribution in [0.5, 0.6) is 0 Å². The first-order chi connectivity index (χ1) is 13.7. The molecule has 0 spiro atoms. The van der Waals surface area contributed by atoms with Crippen LogP contribution in [0.2, 0.25) is 15.1 Å². The summed E-state index contributed by atoms with van der Waals surface area (Å²) >= 11 is 18.0. The Morgan fingerprint density at radius 1 is 1.10 bits per heavy atom. The summed E-state index contributed by atoms with van der Waals surface area (Å²) in [7, 11) is 0. The molecule has 0 saturated carbocycles. The first kappa shape index (κ1) is 21.4. The number of halogens is 4. The summed E-state index contributed by atoms with van der Waals surface area (Å²) in [5.41, 5.74) is -0.389. The molecule has 0 aliphatic carbocycles. The van der Waals surface area contributed by atoms with Gasteiger partial charge in [-0.1, -0.05) is 53.0 Å². The molecule has 4 nitrogen and oxygen atoms in total. The van der Waals surface area contributed by atoms with Crippen LogP contribution in [0.3, 0.4) is 0 Å². The third-order valence-corrected chi connectivity index (χ3v) is 5.70. The van der Waals surface area contributed by atoms with Crippen molar-refractivity contribution in [2.24, 2.45) is 0 Å². The van der Waals surface area contributed by atoms with E-state index in [4.69, 9.17) is 34.8 Å². The zero-order chi connectivity index (χ0) is 21.5. The number of aromatic carboxylic acids is 1. The highest BCUT2D eigenvalue weighted by molar-refractivity contribution is 6.42. The second kappa shape index (κ2) is 8.19. The van der Waals surface area contributed by atoms with Crippen LogP contribution >= 0.6 is 34.8 Å². The molecule has 0 amide bonds. The summed E-state index contributed by atoms with van der Waals surface area (Å²) in [4.78, 5) is 25.3. The van der Waals surface area contributed by atoms with E-state index in [2.05, 4.69) is 0 Å². The van der Waals surface area contributed by atoms with Gasteiger partial charge in [-0.25, -0.2) is 9.18 Å². The third-order valence-electron chi connectivity index (χ3n) is 4.67. The monoisotopic (exact) mass is 453 g/mol. The van der Waals surface area contributed by atoms with Gasteiger partial charge in [0.15, 0.2) is 0 Å². The Kier molecular flexibility index (Phi) is 6.03. The molecular weight excluding hydrogens is 440 g/mol. The Labute approximate surface area is 181 Å². The van der Waals surface area contributed by atoms with E-state index in [0.29, 0.717) is 22.8 Å². The number of carboxylic acid groups (broad SMARTS) is 1. The molecule has 2 aromatic carbocycles. The minimum atomic E-state index is -1.43. The Bertz CT molecular complexity index is 1200. The molecule has 1 N–H and O–H groups in total. The summed E-state index contributed by atoms with van der Waals surface area (Å²) in [6.45, 7) is 3.76. The van der Waals surface area contributed by atoms with Gasteiger partial charge in [0.1, 0.15) is 11.4 Å². The number of nitrogens with zero attached hydrogens (tertiary/aromatic N) is 1. The summed E-state index contributed by atoms with van der Waals surface area (Å²) in [6.07, 6.45) is 0. The predicted molar refractivity (Wildman–Crippen MR) is 114 cm³/mol. The van der Waals surface area contributed by atoms with Crippen molar-refractivity contribution in [3.8, 4) is 22.4 Å². The van der Waals surface area contributed by atoms with Crippen molar-refractivity contribution >= 4 is 40.8 Å². The zero-order valence-electron chi connectivity index (χ0n) is 15.4. The average molecular weight is 455 g/mol. The van der Waals surface area contributed by atoms with E-state index in [1.807, 2.05) is 0 Å². The quantitative estimate of drug-likeness (QED) is 0.502. The van der Waals surface area contributed by atoms with E-state index in [1.54, 1.807) is 24.5 Å². The maximum atomic E-state index is 14.7. The van der Waals surface area contributed by atoms with Gasteiger partial charge in [0.25, 0.3) is 0 Å². The molecule has 0 bridgehead atoms. The number of aromatic nitrogens is 1. The third kappa shape index (κ3) is 3.66. The van der Waals surface area contributed by atoms with Gasteiger partial charge in [-0.3, -0.25) is 4.79 Å². The number of pyridine rings is 1. The fourth-order valence-electron chi connectivity index (χ4n) is 3.39. The van der Waals surface area contributed by atoms with Crippen LogP contribution in [0.25, 0.3) is 22.4 Å². The molecule has 0 atom stereocenters. The van der Waals surface area contributed by atoms with Gasteiger partial charge in [0.2, 0.25) is 5.43 Å². The van der Waals surface area contributed by atoms with Crippen molar-refractivity contribution in [3.63, 3.8) is 0 Å². The standard InChI is InChI=1S/C21H15Cl3FNO3/c1-3-26-10(2)16(12-5-4-6-14(23)18(12)25)20(27)17(21(28)29)19(26)11-7-8-13(22)15(24)9-11/h4-9H,3H2,1-2H3,(H,28,29). The number of carbonyl (C=O) groups is 1. The van der Waals surface area contributed by atoms with Gasteiger partial charge in [-0.2, -0.15) is 0 Å². The highest BCUT2D eigenvalue weighted by Gasteiger charge is 2.27. The van der Waals surface area contributed by atoms with Crippen LogP contribution < -0.4 is 5.43 Å². The molecule has 150 valence electrons. The SMILES string of the molecule is CCn1c(C)c(-c2cccc(Cl)c2F)c(=O)c(C(=O)O)c1-c1ccc(Cl)c(Cl)c1. The Hall–Kier alpha value is -2.34. The van der Waals surface area contributed by atoms with Crippen LogP contribution in [0.15, 0.2) is 41.2 Å². The van der Waals surface area contributed by atoms with Crippen molar-refractivity contribution in [1.29, 1.82) is 0 Å². The predicted octanol–water partition coefficient (Wildman–Crippen LogP) is 6.31. The van der Waals surface area contributed by atoms with E-state index in [1.165, 1.54) is 30.3 Å². The van der Waals surface area contributed by atoms with E-state index < -0.39 is 22.8 Å². The Balaban J connectivity index is 2.50. The number of hydrogen-bond donors (Lipinski definition) is 1. The molecule has 29 heavy (non-hydrogen) atoms. The smallest absolute Gasteiger partial charge is 0.341 e. The van der Waals surface area contributed by atoms with E-state index in [-0.39, 0.29) is 26.9 Å². The van der Waals surface area contributed by atoms with E-state index in [9.17, 15) is 19.1 Å². The lowest BCUT2D eigenvalue weighted by molar-refractivity contribution is 0.0695. The number of benzene rings is 2. The highest BCUT2D eigenvalue weighted by atomic mass is 35.5. The van der Waals surface area contributed by atoms with Crippen molar-refractivity contribution in [3.05, 3.63) is 78.8 Å². The summed E-state index contributed by atoms with van der Waals surface area (Å²) in [5.74, 6) is -2.21. The van der Waals surface area contributed by atoms with Gasteiger partial charge in [0.05, 0.1) is 26.3 Å². The number of carboxylic acids is 1. The lowest BCUT2D eigenvalue weighted by Gasteiger charge is -2.21. The summed E-state index contributed by atoms with van der Waals surface area (Å²) in [6, 6.07) is 8.86. The van der Waals surface area contributed by atoms with Crippen molar-refractivity contribution in [1.82, 2.24) is 4.57 Å². The molecule has 0 aliphatic heterocycles. The highest BCUT2D eigenvalue weighted by Crippen LogP contribution is 2.34. The van der Waals surface area contributed by atoms with Crippen molar-refractivity contribution < 1.29 is 14.3 Å². The molecule has 1 aromatic heterocycles. The second-order valence-corrected chi connectivity index (χ2v) is 7.51. The van der Waals surface area contributed by atoms with Gasteiger partial charge < -0.3 is 9.67 Å². The maximum Gasteiger partial charge on any atom is 0.341 e. The average Bonchev–Trinajstić information content (AvgIpc) is 2.66.